The quantitative estimate of drug-likeness (QED) is 0.778. The summed E-state index contributed by atoms with van der Waals surface area (Å²) in [7, 11) is 0. The number of benzene rings is 1. The molecule has 0 aliphatic carbocycles. The van der Waals surface area contributed by atoms with Crippen LogP contribution in [-0.4, -0.2) is 10.9 Å². The number of nitrogens with one attached hydrogen (secondary N) is 1. The van der Waals surface area contributed by atoms with Gasteiger partial charge in [0.25, 0.3) is 0 Å². The molecule has 2 aromatic rings. The summed E-state index contributed by atoms with van der Waals surface area (Å²) < 4.78 is 0. The first-order valence-electron chi connectivity index (χ1n) is 4.10. The van der Waals surface area contributed by atoms with Gasteiger partial charge in [-0.25, -0.2) is 0 Å². The number of hydrogen-bond donors (Lipinski definition) is 2. The number of H-pyrrole nitrogens is 1. The van der Waals surface area contributed by atoms with E-state index in [-0.39, 0.29) is 24.7 Å². The summed E-state index contributed by atoms with van der Waals surface area (Å²) in [6, 6.07) is 9.83. The zero-order valence-electron chi connectivity index (χ0n) is 7.49. The zero-order chi connectivity index (χ0) is 9.26. The highest BCUT2D eigenvalue weighted by atomic mass is 35.5. The Morgan fingerprint density at radius 1 is 1.36 bits per heavy atom. The zero-order valence-corrected chi connectivity index (χ0v) is 8.30. The summed E-state index contributed by atoms with van der Waals surface area (Å²) in [5.41, 5.74) is 7.00. The van der Waals surface area contributed by atoms with Crippen LogP contribution in [0.3, 0.4) is 0 Å². The molecule has 0 fully saturated rings. The first kappa shape index (κ1) is 10.6. The van der Waals surface area contributed by atoms with Crippen LogP contribution in [0.5, 0.6) is 0 Å². The molecule has 0 saturated heterocycles. The summed E-state index contributed by atoms with van der Waals surface area (Å²) in [5, 5.41) is 1.11. The van der Waals surface area contributed by atoms with Crippen molar-refractivity contribution in [1.82, 2.24) is 4.98 Å². The molecule has 4 heteroatoms. The Bertz CT molecular complexity index is 417. The van der Waals surface area contributed by atoms with Crippen molar-refractivity contribution in [2.75, 3.05) is 0 Å². The number of amides is 1. The lowest BCUT2D eigenvalue weighted by Crippen LogP contribution is -2.13. The minimum atomic E-state index is -0.313. The average molecular weight is 211 g/mol. The molecule has 0 aliphatic rings. The van der Waals surface area contributed by atoms with Gasteiger partial charge < -0.3 is 10.7 Å². The highest BCUT2D eigenvalue weighted by Crippen LogP contribution is 2.14. The van der Waals surface area contributed by atoms with Crippen molar-refractivity contribution in [3.8, 4) is 0 Å². The van der Waals surface area contributed by atoms with E-state index in [1.54, 1.807) is 0 Å². The van der Waals surface area contributed by atoms with Crippen LogP contribution in [-0.2, 0) is 11.2 Å². The van der Waals surface area contributed by atoms with Crippen LogP contribution in [0.2, 0.25) is 0 Å². The SMILES string of the molecule is Cl.NC(=O)Cc1cc2ccccc2[nH]1. The largest absolute Gasteiger partial charge is 0.369 e. The van der Waals surface area contributed by atoms with Crippen molar-refractivity contribution in [2.45, 2.75) is 6.42 Å². The summed E-state index contributed by atoms with van der Waals surface area (Å²) in [6.45, 7) is 0. The first-order chi connectivity index (χ1) is 6.25. The molecule has 0 saturated carbocycles. The number of nitrogens with two attached hydrogens (primary N) is 1. The highest BCUT2D eigenvalue weighted by molar-refractivity contribution is 5.85. The second-order valence-electron chi connectivity index (χ2n) is 3.02. The van der Waals surface area contributed by atoms with Gasteiger partial charge >= 0.3 is 0 Å². The van der Waals surface area contributed by atoms with E-state index in [0.29, 0.717) is 0 Å². The monoisotopic (exact) mass is 210 g/mol. The van der Waals surface area contributed by atoms with Gasteiger partial charge in [-0.1, -0.05) is 18.2 Å². The molecule has 74 valence electrons. The Kier molecular flexibility index (Phi) is 3.14. The number of aromatic nitrogens is 1. The Labute approximate surface area is 87.7 Å². The molecule has 0 unspecified atom stereocenters. The minimum Gasteiger partial charge on any atom is -0.369 e. The maximum Gasteiger partial charge on any atom is 0.223 e. The average Bonchev–Trinajstić information content (AvgIpc) is 2.44. The lowest BCUT2D eigenvalue weighted by atomic mass is 10.2. The van der Waals surface area contributed by atoms with Gasteiger partial charge in [0, 0.05) is 11.2 Å². The molecule has 0 aliphatic heterocycles. The standard InChI is InChI=1S/C10H10N2O.ClH/c11-10(13)6-8-5-7-3-1-2-4-9(7)12-8;/h1-5,12H,6H2,(H2,11,13);1H. The maximum atomic E-state index is 10.6. The lowest BCUT2D eigenvalue weighted by molar-refractivity contribution is -0.117. The number of hydrogen-bond acceptors (Lipinski definition) is 1. The number of rotatable bonds is 2. The van der Waals surface area contributed by atoms with Gasteiger partial charge in [-0.3, -0.25) is 4.79 Å². The predicted octanol–water partition coefficient (Wildman–Crippen LogP) is 1.62. The van der Waals surface area contributed by atoms with Crippen molar-refractivity contribution in [1.29, 1.82) is 0 Å². The van der Waals surface area contributed by atoms with E-state index in [1.807, 2.05) is 30.3 Å². The van der Waals surface area contributed by atoms with Crippen LogP contribution < -0.4 is 5.73 Å². The molecule has 1 aromatic heterocycles. The van der Waals surface area contributed by atoms with E-state index in [1.165, 1.54) is 0 Å². The molecule has 3 nitrogen and oxygen atoms in total. The van der Waals surface area contributed by atoms with E-state index < -0.39 is 0 Å². The van der Waals surface area contributed by atoms with Crippen LogP contribution in [0.15, 0.2) is 30.3 Å². The molecule has 1 amide bonds. The lowest BCUT2D eigenvalue weighted by Gasteiger charge is -1.89. The molecular formula is C10H11ClN2O. The van der Waals surface area contributed by atoms with Gasteiger partial charge in [0.2, 0.25) is 5.91 Å². The minimum absolute atomic E-state index is 0. The van der Waals surface area contributed by atoms with E-state index in [0.717, 1.165) is 16.6 Å². The normalized spacial score (nSPS) is 9.71. The molecule has 3 N–H and O–H groups in total. The van der Waals surface area contributed by atoms with Gasteiger partial charge in [-0.15, -0.1) is 12.4 Å². The van der Waals surface area contributed by atoms with Crippen LogP contribution >= 0.6 is 12.4 Å². The number of aromatic amines is 1. The summed E-state index contributed by atoms with van der Waals surface area (Å²) in [5.74, 6) is -0.313. The number of carbonyl (C=O) groups is 1. The Hall–Kier alpha value is -1.48. The Morgan fingerprint density at radius 3 is 2.71 bits per heavy atom. The summed E-state index contributed by atoms with van der Waals surface area (Å²) in [6.07, 6.45) is 0.272. The molecule has 14 heavy (non-hydrogen) atoms. The highest BCUT2D eigenvalue weighted by Gasteiger charge is 2.01. The molecule has 0 spiro atoms. The van der Waals surface area contributed by atoms with Gasteiger partial charge in [0.1, 0.15) is 0 Å². The fraction of sp³-hybridized carbons (Fsp3) is 0.100. The second kappa shape index (κ2) is 4.15. The molecule has 0 radical (unpaired) electrons. The van der Waals surface area contributed by atoms with Crippen molar-refractivity contribution >= 4 is 29.2 Å². The van der Waals surface area contributed by atoms with Crippen LogP contribution in [0.25, 0.3) is 10.9 Å². The third-order valence-corrected chi connectivity index (χ3v) is 1.95. The van der Waals surface area contributed by atoms with Crippen LogP contribution in [0.1, 0.15) is 5.69 Å². The number of para-hydroxylation sites is 1. The molecule has 0 atom stereocenters. The molecule has 1 heterocycles. The third kappa shape index (κ3) is 2.06. The van der Waals surface area contributed by atoms with Gasteiger partial charge in [-0.2, -0.15) is 0 Å². The van der Waals surface area contributed by atoms with Gasteiger partial charge in [-0.05, 0) is 17.5 Å². The molecule has 1 aromatic carbocycles. The fourth-order valence-corrected chi connectivity index (χ4v) is 1.42. The van der Waals surface area contributed by atoms with E-state index in [4.69, 9.17) is 5.73 Å². The van der Waals surface area contributed by atoms with Crippen molar-refractivity contribution in [3.63, 3.8) is 0 Å². The van der Waals surface area contributed by atoms with Crippen molar-refractivity contribution in [3.05, 3.63) is 36.0 Å². The maximum absolute atomic E-state index is 10.6. The predicted molar refractivity (Wildman–Crippen MR) is 58.4 cm³/mol. The van der Waals surface area contributed by atoms with E-state index >= 15 is 0 Å². The first-order valence-corrected chi connectivity index (χ1v) is 4.10. The number of fused-ring (bicyclic) bond motifs is 1. The Balaban J connectivity index is 0.000000980. The smallest absolute Gasteiger partial charge is 0.223 e. The van der Waals surface area contributed by atoms with Crippen LogP contribution in [0.4, 0.5) is 0 Å². The number of halogens is 1. The Morgan fingerprint density at radius 2 is 2.07 bits per heavy atom. The molecule has 2 rings (SSSR count). The number of carbonyl (C=O) groups excluding carboxylic acids is 1. The van der Waals surface area contributed by atoms with E-state index in [2.05, 4.69) is 4.98 Å². The summed E-state index contributed by atoms with van der Waals surface area (Å²) >= 11 is 0. The van der Waals surface area contributed by atoms with Gasteiger partial charge in [0.05, 0.1) is 6.42 Å². The second-order valence-corrected chi connectivity index (χ2v) is 3.02. The van der Waals surface area contributed by atoms with Crippen molar-refractivity contribution < 1.29 is 4.79 Å². The third-order valence-electron chi connectivity index (χ3n) is 1.95. The summed E-state index contributed by atoms with van der Waals surface area (Å²) in [4.78, 5) is 13.8. The molecular weight excluding hydrogens is 200 g/mol. The number of primary amides is 1. The van der Waals surface area contributed by atoms with Crippen molar-refractivity contribution in [2.24, 2.45) is 5.73 Å². The molecule has 0 bridgehead atoms. The van der Waals surface area contributed by atoms with E-state index in [9.17, 15) is 4.79 Å². The topological polar surface area (TPSA) is 58.9 Å². The van der Waals surface area contributed by atoms with Gasteiger partial charge in [0.15, 0.2) is 0 Å². The fourth-order valence-electron chi connectivity index (χ4n) is 1.42. The van der Waals surface area contributed by atoms with Crippen LogP contribution in [0, 0.1) is 0 Å².